The van der Waals surface area contributed by atoms with Crippen LogP contribution in [0.1, 0.15) is 37.9 Å². The molecule has 188 valence electrons. The Hall–Kier alpha value is -2.92. The second kappa shape index (κ2) is 11.0. The first-order valence-corrected chi connectivity index (χ1v) is 13.5. The Morgan fingerprint density at radius 1 is 1.14 bits per heavy atom. The van der Waals surface area contributed by atoms with Gasteiger partial charge in [-0.2, -0.15) is 0 Å². The molecule has 0 aliphatic carbocycles. The average Bonchev–Trinajstić information content (AvgIpc) is 3.18. The highest BCUT2D eigenvalue weighted by Gasteiger charge is 2.35. The van der Waals surface area contributed by atoms with Gasteiger partial charge in [-0.1, -0.05) is 35.6 Å². The number of likely N-dealkylation sites (N-methyl/N-ethyl adjacent to an activating group) is 1. The third kappa shape index (κ3) is 4.73. The van der Waals surface area contributed by atoms with Crippen molar-refractivity contribution in [2.24, 2.45) is 4.99 Å². The normalized spacial score (nSPS) is 15.4. The Labute approximate surface area is 227 Å². The number of fused-ring (bicyclic) bond motifs is 1. The number of amides is 1. The van der Waals surface area contributed by atoms with Crippen LogP contribution in [0, 0.1) is 3.57 Å². The van der Waals surface area contributed by atoms with Crippen LogP contribution in [-0.4, -0.2) is 42.7 Å². The number of carbonyl (C=O) groups is 1. The number of allylic oxidation sites excluding steroid dienone is 1. The van der Waals surface area contributed by atoms with Gasteiger partial charge in [0.05, 0.1) is 33.6 Å². The van der Waals surface area contributed by atoms with Crippen molar-refractivity contribution < 1.29 is 14.3 Å². The van der Waals surface area contributed by atoms with Gasteiger partial charge in [-0.15, -0.1) is 0 Å². The number of aromatic nitrogens is 1. The number of thiazole rings is 1. The van der Waals surface area contributed by atoms with E-state index in [0.29, 0.717) is 39.4 Å². The Kier molecular flexibility index (Phi) is 7.99. The smallest absolute Gasteiger partial charge is 0.271 e. The lowest BCUT2D eigenvalue weighted by Crippen LogP contribution is -2.43. The van der Waals surface area contributed by atoms with Gasteiger partial charge in [0.15, 0.2) is 4.80 Å². The number of rotatable bonds is 7. The molecule has 3 aromatic rings. The first kappa shape index (κ1) is 26.2. The molecule has 0 radical (unpaired) electrons. The monoisotopic (exact) mass is 617 g/mol. The Bertz CT molecular complexity index is 1520. The van der Waals surface area contributed by atoms with Crippen LogP contribution < -0.4 is 24.4 Å². The van der Waals surface area contributed by atoms with Gasteiger partial charge in [0.1, 0.15) is 17.5 Å². The second-order valence-corrected chi connectivity index (χ2v) is 10.4. The second-order valence-electron chi connectivity index (χ2n) is 8.20. The maximum Gasteiger partial charge on any atom is 0.271 e. The van der Waals surface area contributed by atoms with E-state index in [4.69, 9.17) is 14.5 Å². The summed E-state index contributed by atoms with van der Waals surface area (Å²) in [5.74, 6) is 1.26. The van der Waals surface area contributed by atoms with E-state index in [0.717, 1.165) is 20.4 Å². The van der Waals surface area contributed by atoms with Crippen LogP contribution in [0.25, 0.3) is 6.08 Å². The largest absolute Gasteiger partial charge is 0.496 e. The van der Waals surface area contributed by atoms with E-state index in [-0.39, 0.29) is 11.5 Å². The molecular formula is C27H28IN3O4S. The number of carbonyl (C=O) groups excluding carboxylic acids is 1. The van der Waals surface area contributed by atoms with Crippen LogP contribution in [0.5, 0.6) is 11.5 Å². The quantitative estimate of drug-likeness (QED) is 0.379. The number of para-hydroxylation sites is 1. The molecule has 1 aliphatic heterocycles. The molecule has 1 aromatic heterocycles. The van der Waals surface area contributed by atoms with E-state index in [1.54, 1.807) is 23.7 Å². The molecule has 36 heavy (non-hydrogen) atoms. The molecule has 2 heterocycles. The lowest BCUT2D eigenvalue weighted by molar-refractivity contribution is -0.127. The highest BCUT2D eigenvalue weighted by Crippen LogP contribution is 2.36. The van der Waals surface area contributed by atoms with E-state index in [9.17, 15) is 9.59 Å². The van der Waals surface area contributed by atoms with Gasteiger partial charge in [0.25, 0.3) is 11.5 Å². The highest BCUT2D eigenvalue weighted by molar-refractivity contribution is 14.1. The Morgan fingerprint density at radius 2 is 1.83 bits per heavy atom. The highest BCUT2D eigenvalue weighted by atomic mass is 127. The van der Waals surface area contributed by atoms with E-state index in [2.05, 4.69) is 22.6 Å². The molecule has 0 N–H and O–H groups in total. The topological polar surface area (TPSA) is 73.1 Å². The molecule has 1 amide bonds. The summed E-state index contributed by atoms with van der Waals surface area (Å²) in [5.41, 5.74) is 2.53. The Balaban J connectivity index is 1.97. The van der Waals surface area contributed by atoms with Crippen molar-refractivity contribution in [1.29, 1.82) is 0 Å². The number of hydrogen-bond acceptors (Lipinski definition) is 6. The van der Waals surface area contributed by atoms with Gasteiger partial charge < -0.3 is 14.4 Å². The molecule has 0 saturated carbocycles. The maximum atomic E-state index is 13.9. The number of nitrogens with zero attached hydrogens (tertiary/aromatic N) is 3. The molecule has 0 fully saturated rings. The molecule has 0 saturated heterocycles. The van der Waals surface area contributed by atoms with Crippen LogP contribution in [-0.2, 0) is 4.79 Å². The number of halogens is 1. The van der Waals surface area contributed by atoms with Crippen LogP contribution in [0.3, 0.4) is 0 Å². The van der Waals surface area contributed by atoms with Gasteiger partial charge in [-0.25, -0.2) is 4.99 Å². The number of methoxy groups -OCH3 is 2. The van der Waals surface area contributed by atoms with Crippen LogP contribution in [0.4, 0.5) is 0 Å². The summed E-state index contributed by atoms with van der Waals surface area (Å²) >= 11 is 3.53. The average molecular weight is 618 g/mol. The summed E-state index contributed by atoms with van der Waals surface area (Å²) in [4.78, 5) is 34.6. The van der Waals surface area contributed by atoms with Crippen molar-refractivity contribution in [2.45, 2.75) is 26.8 Å². The summed E-state index contributed by atoms with van der Waals surface area (Å²) in [6.07, 6.45) is 1.86. The van der Waals surface area contributed by atoms with Gasteiger partial charge >= 0.3 is 0 Å². The fourth-order valence-corrected chi connectivity index (χ4v) is 6.19. The first-order valence-electron chi connectivity index (χ1n) is 11.6. The summed E-state index contributed by atoms with van der Waals surface area (Å²) < 4.78 is 14.1. The van der Waals surface area contributed by atoms with Crippen LogP contribution in [0.15, 0.2) is 63.5 Å². The van der Waals surface area contributed by atoms with Gasteiger partial charge in [0, 0.05) is 18.7 Å². The Morgan fingerprint density at radius 3 is 2.47 bits per heavy atom. The summed E-state index contributed by atoms with van der Waals surface area (Å²) in [6.45, 7) is 6.85. The first-order chi connectivity index (χ1) is 17.3. The molecule has 1 atom stereocenters. The molecule has 2 aromatic carbocycles. The molecule has 1 aliphatic rings. The zero-order chi connectivity index (χ0) is 26.0. The molecule has 0 unspecified atom stereocenters. The van der Waals surface area contributed by atoms with E-state index >= 15 is 0 Å². The third-order valence-electron chi connectivity index (χ3n) is 6.21. The van der Waals surface area contributed by atoms with Crippen LogP contribution in [0.2, 0.25) is 0 Å². The fourth-order valence-electron chi connectivity index (χ4n) is 4.39. The zero-order valence-electron chi connectivity index (χ0n) is 20.9. The van der Waals surface area contributed by atoms with Crippen molar-refractivity contribution in [3.05, 3.63) is 88.1 Å². The standard InChI is InChI=1S/C27H28IN3O4S/c1-6-30(7-2)26(33)23-16(3)29-27-31(24(23)18-10-8-9-11-20(18)34-4)25(32)22(36-27)15-17-12-13-21(35-5)19(28)14-17/h8-15,24H,6-7H2,1-5H3/b22-15+/t24-/m0/s1. The zero-order valence-corrected chi connectivity index (χ0v) is 23.8. The third-order valence-corrected chi connectivity index (χ3v) is 8.04. The summed E-state index contributed by atoms with van der Waals surface area (Å²) in [6, 6.07) is 12.6. The number of ether oxygens (including phenoxy) is 2. The lowest BCUT2D eigenvalue weighted by Gasteiger charge is -2.29. The van der Waals surface area contributed by atoms with Crippen molar-refractivity contribution in [3.8, 4) is 11.5 Å². The van der Waals surface area contributed by atoms with E-state index < -0.39 is 6.04 Å². The van der Waals surface area contributed by atoms with E-state index in [1.165, 1.54) is 11.3 Å². The van der Waals surface area contributed by atoms with Crippen molar-refractivity contribution in [3.63, 3.8) is 0 Å². The molecular weight excluding hydrogens is 589 g/mol. The molecule has 0 spiro atoms. The molecule has 7 nitrogen and oxygen atoms in total. The fraction of sp³-hybridized carbons (Fsp3) is 0.296. The summed E-state index contributed by atoms with van der Waals surface area (Å²) in [5, 5.41) is 0. The predicted molar refractivity (Wildman–Crippen MR) is 150 cm³/mol. The SMILES string of the molecule is CCN(CC)C(=O)C1=C(C)N=c2s/c(=C/c3ccc(OC)c(I)c3)c(=O)n2[C@H]1c1ccccc1OC. The number of hydrogen-bond donors (Lipinski definition) is 0. The van der Waals surface area contributed by atoms with Gasteiger partial charge in [0.2, 0.25) is 0 Å². The minimum atomic E-state index is -0.649. The molecule has 0 bridgehead atoms. The lowest BCUT2D eigenvalue weighted by atomic mass is 9.94. The predicted octanol–water partition coefficient (Wildman–Crippen LogP) is 3.73. The summed E-state index contributed by atoms with van der Waals surface area (Å²) in [7, 11) is 3.23. The van der Waals surface area contributed by atoms with Crippen molar-refractivity contribution >= 4 is 45.9 Å². The minimum absolute atomic E-state index is 0.129. The van der Waals surface area contributed by atoms with Gasteiger partial charge in [-0.05, 0) is 73.2 Å². The van der Waals surface area contributed by atoms with Gasteiger partial charge in [-0.3, -0.25) is 14.2 Å². The van der Waals surface area contributed by atoms with E-state index in [1.807, 2.05) is 69.3 Å². The molecule has 9 heteroatoms. The van der Waals surface area contributed by atoms with Crippen molar-refractivity contribution in [2.75, 3.05) is 27.3 Å². The maximum absolute atomic E-state index is 13.9. The van der Waals surface area contributed by atoms with Crippen molar-refractivity contribution in [1.82, 2.24) is 9.47 Å². The van der Waals surface area contributed by atoms with Crippen LogP contribution >= 0.6 is 33.9 Å². The molecule has 4 rings (SSSR count). The number of benzene rings is 2. The minimum Gasteiger partial charge on any atom is -0.496 e.